The van der Waals surface area contributed by atoms with Crippen molar-refractivity contribution in [2.24, 2.45) is 0 Å². The van der Waals surface area contributed by atoms with Crippen LogP contribution in [0, 0.1) is 6.92 Å². The minimum atomic E-state index is -4.16. The van der Waals surface area contributed by atoms with Crippen LogP contribution in [-0.4, -0.2) is 30.7 Å². The maximum absolute atomic E-state index is 12.0. The van der Waals surface area contributed by atoms with Gasteiger partial charge in [-0.25, -0.2) is 0 Å². The molecule has 0 amide bonds. The number of benzene rings is 1. The zero-order chi connectivity index (χ0) is 13.9. The number of rotatable bonds is 4. The molecule has 2 radical (unpaired) electrons. The van der Waals surface area contributed by atoms with E-state index in [0.717, 1.165) is 5.56 Å². The molecule has 0 atom stereocenters. The summed E-state index contributed by atoms with van der Waals surface area (Å²) < 4.78 is 42.1. The van der Waals surface area contributed by atoms with Gasteiger partial charge in [0.25, 0.3) is 0 Å². The number of oxazole rings is 1. The van der Waals surface area contributed by atoms with Crippen LogP contribution in [0.25, 0.3) is 11.5 Å². The standard InChI is InChI=1S/C11H10NO2.CF3.Sn/c1-8-10(7-13)12-11(14-8)9-5-3-2-4-6-9;2-1(3)4;/h2-6H,7H2,1H3;;/q-1;;+1. The molecule has 0 spiro atoms. The van der Waals surface area contributed by atoms with Crippen molar-refractivity contribution in [3.05, 3.63) is 41.8 Å². The van der Waals surface area contributed by atoms with Gasteiger partial charge in [0.1, 0.15) is 0 Å². The molecule has 0 aliphatic heterocycles. The molecule has 7 heteroatoms. The van der Waals surface area contributed by atoms with Gasteiger partial charge >= 0.3 is 118 Å². The molecule has 0 saturated carbocycles. The van der Waals surface area contributed by atoms with Gasteiger partial charge in [0.2, 0.25) is 0 Å². The van der Waals surface area contributed by atoms with Gasteiger partial charge in [-0.3, -0.25) is 0 Å². The van der Waals surface area contributed by atoms with Gasteiger partial charge < -0.3 is 0 Å². The minimum absolute atomic E-state index is 0.145. The average Bonchev–Trinajstić information content (AvgIpc) is 2.71. The van der Waals surface area contributed by atoms with Crippen molar-refractivity contribution in [1.29, 1.82) is 0 Å². The molecule has 0 aliphatic rings. The van der Waals surface area contributed by atoms with Crippen LogP contribution in [-0.2, 0) is 9.68 Å². The number of aromatic nitrogens is 1. The first-order valence-corrected chi connectivity index (χ1v) is 8.02. The molecule has 0 unspecified atom stereocenters. The van der Waals surface area contributed by atoms with E-state index in [9.17, 15) is 13.2 Å². The molecule has 1 heterocycles. The fraction of sp³-hybridized carbons (Fsp3) is 0.250. The third-order valence-electron chi connectivity index (χ3n) is 2.31. The van der Waals surface area contributed by atoms with E-state index in [1.807, 2.05) is 30.3 Å². The summed E-state index contributed by atoms with van der Waals surface area (Å²) in [5.74, 6) is 0.884. The second kappa shape index (κ2) is 5.96. The predicted octanol–water partition coefficient (Wildman–Crippen LogP) is 3.31. The molecule has 1 aromatic heterocycles. The predicted molar refractivity (Wildman–Crippen MR) is 63.3 cm³/mol. The van der Waals surface area contributed by atoms with Gasteiger partial charge in [-0.2, -0.15) is 0 Å². The normalized spacial score (nSPS) is 11.8. The molecule has 3 nitrogen and oxygen atoms in total. The van der Waals surface area contributed by atoms with Crippen LogP contribution in [0.4, 0.5) is 13.2 Å². The van der Waals surface area contributed by atoms with Crippen molar-refractivity contribution in [3.8, 4) is 11.5 Å². The molecule has 2 rings (SSSR count). The molecule has 0 bridgehead atoms. The summed E-state index contributed by atoms with van der Waals surface area (Å²) in [6.45, 7) is 1.52. The number of alkyl halides is 3. The number of hydrogen-bond donors (Lipinski definition) is 0. The Labute approximate surface area is 118 Å². The van der Waals surface area contributed by atoms with Crippen LogP contribution in [0.15, 0.2) is 34.7 Å². The molecule has 0 aliphatic carbocycles. The van der Waals surface area contributed by atoms with Gasteiger partial charge in [-0.1, -0.05) is 0 Å². The van der Waals surface area contributed by atoms with E-state index in [-0.39, 0.29) is 6.61 Å². The number of nitrogens with zero attached hydrogens (tertiary/aromatic N) is 1. The quantitative estimate of drug-likeness (QED) is 0.769. The van der Waals surface area contributed by atoms with Crippen LogP contribution in [0.3, 0.4) is 0 Å². The van der Waals surface area contributed by atoms with Crippen LogP contribution in [0.5, 0.6) is 0 Å². The van der Waals surface area contributed by atoms with Gasteiger partial charge in [-0.05, 0) is 0 Å². The van der Waals surface area contributed by atoms with Crippen molar-refractivity contribution < 1.29 is 20.7 Å². The summed E-state index contributed by atoms with van der Waals surface area (Å²) in [6, 6.07) is 9.18. The number of hydrogen-bond acceptors (Lipinski definition) is 3. The molecule has 1 aromatic carbocycles. The summed E-state index contributed by atoms with van der Waals surface area (Å²) in [7, 11) is 0. The SMILES string of the molecule is Cc1oc(-c2ccccc2)nc1C[O][Sn][C](F)(F)F. The van der Waals surface area contributed by atoms with Gasteiger partial charge in [0.05, 0.1) is 0 Å². The molecule has 2 aromatic rings. The zero-order valence-electron chi connectivity index (χ0n) is 9.99. The molecule has 100 valence electrons. The van der Waals surface area contributed by atoms with E-state index in [1.54, 1.807) is 6.92 Å². The second-order valence-corrected chi connectivity index (χ2v) is 6.80. The van der Waals surface area contributed by atoms with Gasteiger partial charge in [-0.15, -0.1) is 0 Å². The number of halogens is 3. The zero-order valence-corrected chi connectivity index (χ0v) is 12.8. The third-order valence-corrected chi connectivity index (χ3v) is 3.79. The monoisotopic (exact) mass is 377 g/mol. The van der Waals surface area contributed by atoms with E-state index in [1.165, 1.54) is 0 Å². The second-order valence-electron chi connectivity index (χ2n) is 3.78. The fourth-order valence-electron chi connectivity index (χ4n) is 1.45. The fourth-order valence-corrected chi connectivity index (χ4v) is 2.52. The van der Waals surface area contributed by atoms with E-state index in [4.69, 9.17) is 7.49 Å². The Morgan fingerprint density at radius 1 is 1.26 bits per heavy atom. The molecule has 0 saturated heterocycles. The maximum atomic E-state index is 12.0. The molecular formula is C12H10F3NO2Sn. The third kappa shape index (κ3) is 4.24. The van der Waals surface area contributed by atoms with Crippen LogP contribution in [0.2, 0.25) is 0 Å². The first-order chi connectivity index (χ1) is 8.96. The Morgan fingerprint density at radius 2 is 1.95 bits per heavy atom. The topological polar surface area (TPSA) is 35.3 Å². The van der Waals surface area contributed by atoms with Gasteiger partial charge in [0, 0.05) is 0 Å². The Hall–Kier alpha value is -1.02. The summed E-state index contributed by atoms with van der Waals surface area (Å²) in [4.78, 5) is 4.17. The van der Waals surface area contributed by atoms with Crippen molar-refractivity contribution in [1.82, 2.24) is 4.98 Å². The van der Waals surface area contributed by atoms with Crippen LogP contribution >= 0.6 is 0 Å². The van der Waals surface area contributed by atoms with E-state index in [0.29, 0.717) is 17.3 Å². The number of aryl methyl sites for hydroxylation is 1. The Bertz CT molecular complexity index is 540. The van der Waals surface area contributed by atoms with E-state index in [2.05, 4.69) is 4.98 Å². The summed E-state index contributed by atoms with van der Waals surface area (Å²) in [5, 5.41) is 0. The average molecular weight is 376 g/mol. The van der Waals surface area contributed by atoms with Gasteiger partial charge in [0.15, 0.2) is 0 Å². The molecular weight excluding hydrogens is 366 g/mol. The van der Waals surface area contributed by atoms with Crippen molar-refractivity contribution in [2.75, 3.05) is 0 Å². The Kier molecular flexibility index (Phi) is 4.51. The Morgan fingerprint density at radius 3 is 2.58 bits per heavy atom. The van der Waals surface area contributed by atoms with Crippen molar-refractivity contribution in [2.45, 2.75) is 17.7 Å². The molecule has 0 fully saturated rings. The van der Waals surface area contributed by atoms with Crippen LogP contribution < -0.4 is 0 Å². The van der Waals surface area contributed by atoms with Crippen molar-refractivity contribution in [3.63, 3.8) is 0 Å². The summed E-state index contributed by atoms with van der Waals surface area (Å²) >= 11 is -2.83. The summed E-state index contributed by atoms with van der Waals surface area (Å²) in [5.41, 5.74) is 1.21. The van der Waals surface area contributed by atoms with E-state index >= 15 is 0 Å². The van der Waals surface area contributed by atoms with Crippen LogP contribution in [0.1, 0.15) is 11.5 Å². The Balaban J connectivity index is 2.05. The van der Waals surface area contributed by atoms with Crippen molar-refractivity contribution >= 4 is 21.6 Å². The van der Waals surface area contributed by atoms with E-state index < -0.39 is 25.7 Å². The molecule has 0 N–H and O–H groups in total. The summed E-state index contributed by atoms with van der Waals surface area (Å²) in [6.07, 6.45) is 0. The first kappa shape index (κ1) is 14.4. The first-order valence-electron chi connectivity index (χ1n) is 5.43. The molecule has 19 heavy (non-hydrogen) atoms.